The quantitative estimate of drug-likeness (QED) is 0.876. The molecule has 2 atom stereocenters. The summed E-state index contributed by atoms with van der Waals surface area (Å²) >= 11 is 0. The third-order valence-corrected chi connectivity index (χ3v) is 5.15. The Morgan fingerprint density at radius 3 is 2.57 bits per heavy atom. The number of halogens is 1. The maximum atomic E-state index is 12.2. The van der Waals surface area contributed by atoms with Crippen LogP contribution >= 0.6 is 12.4 Å². The van der Waals surface area contributed by atoms with Gasteiger partial charge < -0.3 is 15.6 Å². The maximum Gasteiger partial charge on any atom is 0.229 e. The van der Waals surface area contributed by atoms with Crippen molar-refractivity contribution < 1.29 is 9.32 Å². The fourth-order valence-corrected chi connectivity index (χ4v) is 3.81. The normalized spacial score (nSPS) is 30.7. The fraction of sp³-hybridized carbons (Fsp3) is 0.812. The van der Waals surface area contributed by atoms with Gasteiger partial charge in [-0.1, -0.05) is 11.6 Å². The minimum atomic E-state index is 0. The summed E-state index contributed by atoms with van der Waals surface area (Å²) in [7, 11) is 0. The van der Waals surface area contributed by atoms with Gasteiger partial charge in [-0.2, -0.15) is 4.98 Å². The molecule has 0 aromatic carbocycles. The Bertz CT molecular complexity index is 514. The van der Waals surface area contributed by atoms with Crippen LogP contribution in [-0.4, -0.2) is 28.1 Å². The van der Waals surface area contributed by atoms with Crippen molar-refractivity contribution in [2.45, 2.75) is 76.3 Å². The molecule has 1 aromatic heterocycles. The Labute approximate surface area is 143 Å². The summed E-state index contributed by atoms with van der Waals surface area (Å²) in [5, 5.41) is 7.04. The molecule has 1 aromatic rings. The van der Waals surface area contributed by atoms with Gasteiger partial charge in [-0.15, -0.1) is 12.4 Å². The SMILES string of the molecule is Cc1noc(C2CCC(NC(=O)C[C@@H]3CCC[C@H]3N)CC2)n1.Cl. The standard InChI is InChI=1S/C16H26N4O2.ClH/c1-10-18-16(22-20-10)11-5-7-13(8-6-11)19-15(21)9-12-3-2-4-14(12)17;/h11-14H,2-9,17H2,1H3,(H,19,21);1H/t11?,12-,13?,14+;/m0./s1. The van der Waals surface area contributed by atoms with E-state index in [1.54, 1.807) is 0 Å². The minimum absolute atomic E-state index is 0. The highest BCUT2D eigenvalue weighted by molar-refractivity contribution is 5.85. The first-order valence-corrected chi connectivity index (χ1v) is 8.47. The van der Waals surface area contributed by atoms with Gasteiger partial charge in [0.2, 0.25) is 11.8 Å². The smallest absolute Gasteiger partial charge is 0.229 e. The molecule has 0 aliphatic heterocycles. The number of amides is 1. The number of aromatic nitrogens is 2. The highest BCUT2D eigenvalue weighted by Gasteiger charge is 2.29. The minimum Gasteiger partial charge on any atom is -0.353 e. The van der Waals surface area contributed by atoms with Crippen LogP contribution in [-0.2, 0) is 4.79 Å². The molecule has 7 heteroatoms. The van der Waals surface area contributed by atoms with E-state index in [1.807, 2.05) is 6.92 Å². The first-order chi connectivity index (χ1) is 10.6. The van der Waals surface area contributed by atoms with Gasteiger partial charge in [0.25, 0.3) is 0 Å². The molecule has 3 N–H and O–H groups in total. The molecule has 0 radical (unpaired) electrons. The summed E-state index contributed by atoms with van der Waals surface area (Å²) in [6.45, 7) is 1.84. The monoisotopic (exact) mass is 342 g/mol. The zero-order chi connectivity index (χ0) is 15.5. The average Bonchev–Trinajstić information content (AvgIpc) is 3.09. The number of hydrogen-bond donors (Lipinski definition) is 2. The van der Waals surface area contributed by atoms with Gasteiger partial charge in [0, 0.05) is 24.4 Å². The van der Waals surface area contributed by atoms with E-state index in [2.05, 4.69) is 15.5 Å². The van der Waals surface area contributed by atoms with Gasteiger partial charge in [-0.05, 0) is 51.4 Å². The van der Waals surface area contributed by atoms with Crippen LogP contribution in [0, 0.1) is 12.8 Å². The van der Waals surface area contributed by atoms with Crippen molar-refractivity contribution in [2.75, 3.05) is 0 Å². The Morgan fingerprint density at radius 2 is 2.00 bits per heavy atom. The molecule has 0 spiro atoms. The molecule has 1 amide bonds. The van der Waals surface area contributed by atoms with Crippen LogP contribution in [0.15, 0.2) is 4.52 Å². The van der Waals surface area contributed by atoms with E-state index in [-0.39, 0.29) is 30.4 Å². The van der Waals surface area contributed by atoms with Crippen molar-refractivity contribution in [3.63, 3.8) is 0 Å². The summed E-state index contributed by atoms with van der Waals surface area (Å²) < 4.78 is 5.26. The predicted molar refractivity (Wildman–Crippen MR) is 89.4 cm³/mol. The van der Waals surface area contributed by atoms with Crippen molar-refractivity contribution >= 4 is 18.3 Å². The molecule has 0 unspecified atom stereocenters. The number of nitrogens with one attached hydrogen (secondary N) is 1. The lowest BCUT2D eigenvalue weighted by atomic mass is 9.85. The molecule has 2 saturated carbocycles. The summed E-state index contributed by atoms with van der Waals surface area (Å²) in [4.78, 5) is 16.5. The molecule has 0 bridgehead atoms. The van der Waals surface area contributed by atoms with E-state index in [4.69, 9.17) is 10.3 Å². The number of aryl methyl sites for hydroxylation is 1. The number of nitrogens with two attached hydrogens (primary N) is 1. The Balaban J connectivity index is 0.00000192. The molecule has 1 heterocycles. The summed E-state index contributed by atoms with van der Waals surface area (Å²) in [6.07, 6.45) is 7.86. The average molecular weight is 343 g/mol. The molecule has 130 valence electrons. The zero-order valence-electron chi connectivity index (χ0n) is 13.7. The van der Waals surface area contributed by atoms with Crippen molar-refractivity contribution in [2.24, 2.45) is 11.7 Å². The van der Waals surface area contributed by atoms with Crippen molar-refractivity contribution in [1.82, 2.24) is 15.5 Å². The van der Waals surface area contributed by atoms with E-state index in [0.717, 1.165) is 50.8 Å². The molecule has 2 aliphatic rings. The lowest BCUT2D eigenvalue weighted by molar-refractivity contribution is -0.123. The van der Waals surface area contributed by atoms with Crippen LogP contribution in [0.25, 0.3) is 0 Å². The summed E-state index contributed by atoms with van der Waals surface area (Å²) in [6, 6.07) is 0.493. The lowest BCUT2D eigenvalue weighted by Crippen LogP contribution is -2.39. The molecule has 2 fully saturated rings. The van der Waals surface area contributed by atoms with Crippen molar-refractivity contribution in [3.05, 3.63) is 11.7 Å². The molecular formula is C16H27ClN4O2. The van der Waals surface area contributed by atoms with Gasteiger partial charge in [-0.25, -0.2) is 0 Å². The van der Waals surface area contributed by atoms with Crippen molar-refractivity contribution in [3.8, 4) is 0 Å². The third kappa shape index (κ3) is 4.67. The first-order valence-electron chi connectivity index (χ1n) is 8.47. The Hall–Kier alpha value is -1.14. The molecule has 0 saturated heterocycles. The largest absolute Gasteiger partial charge is 0.353 e. The van der Waals surface area contributed by atoms with Gasteiger partial charge in [0.1, 0.15) is 0 Å². The lowest BCUT2D eigenvalue weighted by Gasteiger charge is -2.27. The third-order valence-electron chi connectivity index (χ3n) is 5.15. The molecule has 2 aliphatic carbocycles. The number of hydrogen-bond acceptors (Lipinski definition) is 5. The van der Waals surface area contributed by atoms with E-state index in [0.29, 0.717) is 24.1 Å². The van der Waals surface area contributed by atoms with Crippen LogP contribution in [0.5, 0.6) is 0 Å². The van der Waals surface area contributed by atoms with E-state index >= 15 is 0 Å². The second kappa shape index (κ2) is 8.11. The number of carbonyl (C=O) groups excluding carboxylic acids is 1. The van der Waals surface area contributed by atoms with Crippen molar-refractivity contribution in [1.29, 1.82) is 0 Å². The molecular weight excluding hydrogens is 316 g/mol. The van der Waals surface area contributed by atoms with E-state index < -0.39 is 0 Å². The first kappa shape index (κ1) is 18.2. The van der Waals surface area contributed by atoms with Crippen LogP contribution in [0.1, 0.15) is 69.0 Å². The number of nitrogens with zero attached hydrogens (tertiary/aromatic N) is 2. The van der Waals surface area contributed by atoms with E-state index in [9.17, 15) is 4.79 Å². The van der Waals surface area contributed by atoms with Crippen LogP contribution in [0.2, 0.25) is 0 Å². The number of rotatable bonds is 4. The Morgan fingerprint density at radius 1 is 1.26 bits per heavy atom. The molecule has 6 nitrogen and oxygen atoms in total. The van der Waals surface area contributed by atoms with Gasteiger partial charge >= 0.3 is 0 Å². The topological polar surface area (TPSA) is 94.0 Å². The Kier molecular flexibility index (Phi) is 6.41. The number of carbonyl (C=O) groups is 1. The van der Waals surface area contributed by atoms with Gasteiger partial charge in [0.15, 0.2) is 5.82 Å². The predicted octanol–water partition coefficient (Wildman–Crippen LogP) is 2.46. The highest BCUT2D eigenvalue weighted by atomic mass is 35.5. The highest BCUT2D eigenvalue weighted by Crippen LogP contribution is 2.32. The molecule has 23 heavy (non-hydrogen) atoms. The zero-order valence-corrected chi connectivity index (χ0v) is 14.5. The van der Waals surface area contributed by atoms with Crippen LogP contribution in [0.4, 0.5) is 0 Å². The summed E-state index contributed by atoms with van der Waals surface area (Å²) in [5.74, 6) is 2.33. The second-order valence-electron chi connectivity index (χ2n) is 6.85. The maximum absolute atomic E-state index is 12.2. The van der Waals surface area contributed by atoms with Crippen LogP contribution < -0.4 is 11.1 Å². The van der Waals surface area contributed by atoms with Gasteiger partial charge in [-0.3, -0.25) is 4.79 Å². The van der Waals surface area contributed by atoms with Crippen LogP contribution in [0.3, 0.4) is 0 Å². The van der Waals surface area contributed by atoms with Gasteiger partial charge in [0.05, 0.1) is 0 Å². The fourth-order valence-electron chi connectivity index (χ4n) is 3.81. The summed E-state index contributed by atoms with van der Waals surface area (Å²) in [5.41, 5.74) is 6.04. The van der Waals surface area contributed by atoms with E-state index in [1.165, 1.54) is 0 Å². The molecule has 3 rings (SSSR count). The second-order valence-corrected chi connectivity index (χ2v) is 6.85.